The lowest BCUT2D eigenvalue weighted by molar-refractivity contribution is -0.142. The van der Waals surface area contributed by atoms with E-state index in [1.54, 1.807) is 32.2 Å². The van der Waals surface area contributed by atoms with Crippen molar-refractivity contribution in [3.63, 3.8) is 0 Å². The summed E-state index contributed by atoms with van der Waals surface area (Å²) in [4.78, 5) is 23.4. The molecule has 1 N–H and O–H groups in total. The van der Waals surface area contributed by atoms with E-state index in [0.717, 1.165) is 0 Å². The SMILES string of the molecule is COCCOc1ccc(C(=O)NC(C)C(=O)OC)cc1OC. The Morgan fingerprint density at radius 2 is 1.86 bits per heavy atom. The fraction of sp³-hybridized carbons (Fsp3) is 0.467. The molecule has 0 radical (unpaired) electrons. The first kappa shape index (κ1) is 17.8. The maximum Gasteiger partial charge on any atom is 0.328 e. The molecule has 122 valence electrons. The highest BCUT2D eigenvalue weighted by Gasteiger charge is 2.18. The third-order valence-electron chi connectivity index (χ3n) is 2.87. The zero-order valence-corrected chi connectivity index (χ0v) is 13.2. The highest BCUT2D eigenvalue weighted by molar-refractivity contribution is 5.97. The van der Waals surface area contributed by atoms with Crippen molar-refractivity contribution in [3.8, 4) is 11.5 Å². The van der Waals surface area contributed by atoms with Crippen molar-refractivity contribution in [2.45, 2.75) is 13.0 Å². The van der Waals surface area contributed by atoms with Crippen LogP contribution in [0, 0.1) is 0 Å². The lowest BCUT2D eigenvalue weighted by Crippen LogP contribution is -2.39. The molecule has 0 fully saturated rings. The van der Waals surface area contributed by atoms with Gasteiger partial charge in [-0.15, -0.1) is 0 Å². The summed E-state index contributed by atoms with van der Waals surface area (Å²) in [7, 11) is 4.33. The van der Waals surface area contributed by atoms with Gasteiger partial charge in [0.1, 0.15) is 12.6 Å². The number of benzene rings is 1. The van der Waals surface area contributed by atoms with Crippen molar-refractivity contribution in [2.75, 3.05) is 34.5 Å². The molecule has 0 spiro atoms. The molecule has 0 heterocycles. The minimum atomic E-state index is -0.735. The number of methoxy groups -OCH3 is 3. The van der Waals surface area contributed by atoms with Gasteiger partial charge >= 0.3 is 5.97 Å². The first-order valence-electron chi connectivity index (χ1n) is 6.72. The van der Waals surface area contributed by atoms with Gasteiger partial charge in [0.15, 0.2) is 11.5 Å². The zero-order chi connectivity index (χ0) is 16.5. The normalized spacial score (nSPS) is 11.5. The van der Waals surface area contributed by atoms with Crippen LogP contribution in [0.4, 0.5) is 0 Å². The molecular formula is C15H21NO6. The number of carbonyl (C=O) groups excluding carboxylic acids is 2. The quantitative estimate of drug-likeness (QED) is 0.570. The fourth-order valence-corrected chi connectivity index (χ4v) is 1.68. The molecule has 0 aliphatic carbocycles. The molecule has 0 aliphatic rings. The summed E-state index contributed by atoms with van der Waals surface area (Å²) < 4.78 is 20.1. The Balaban J connectivity index is 2.79. The second kappa shape index (κ2) is 8.89. The van der Waals surface area contributed by atoms with E-state index in [2.05, 4.69) is 10.1 Å². The molecule has 0 saturated carbocycles. The lowest BCUT2D eigenvalue weighted by Gasteiger charge is -2.14. The molecule has 1 rings (SSSR count). The van der Waals surface area contributed by atoms with Crippen molar-refractivity contribution in [3.05, 3.63) is 23.8 Å². The zero-order valence-electron chi connectivity index (χ0n) is 13.2. The van der Waals surface area contributed by atoms with Gasteiger partial charge in [-0.2, -0.15) is 0 Å². The van der Waals surface area contributed by atoms with Crippen LogP contribution >= 0.6 is 0 Å². The van der Waals surface area contributed by atoms with E-state index in [1.807, 2.05) is 0 Å². The standard InChI is InChI=1S/C15H21NO6/c1-10(15(18)21-4)16-14(17)11-5-6-12(13(9-11)20-3)22-8-7-19-2/h5-6,9-10H,7-8H2,1-4H3,(H,16,17). The molecule has 1 aromatic rings. The largest absolute Gasteiger partial charge is 0.493 e. The number of hydrogen-bond donors (Lipinski definition) is 1. The minimum absolute atomic E-state index is 0.353. The number of amides is 1. The summed E-state index contributed by atoms with van der Waals surface area (Å²) in [6.45, 7) is 2.36. The summed E-state index contributed by atoms with van der Waals surface area (Å²) in [5.74, 6) is 0.0195. The predicted molar refractivity (Wildman–Crippen MR) is 79.3 cm³/mol. The Hall–Kier alpha value is -2.28. The molecule has 0 bridgehead atoms. The third-order valence-corrected chi connectivity index (χ3v) is 2.87. The summed E-state index contributed by atoms with van der Waals surface area (Å²) in [5, 5.41) is 2.54. The van der Waals surface area contributed by atoms with E-state index < -0.39 is 17.9 Å². The van der Waals surface area contributed by atoms with Gasteiger partial charge in [0, 0.05) is 12.7 Å². The molecule has 1 amide bonds. The van der Waals surface area contributed by atoms with Gasteiger partial charge in [0.05, 0.1) is 20.8 Å². The third kappa shape index (κ3) is 4.92. The number of rotatable bonds is 8. The number of hydrogen-bond acceptors (Lipinski definition) is 6. The highest BCUT2D eigenvalue weighted by Crippen LogP contribution is 2.28. The number of carbonyl (C=O) groups is 2. The maximum absolute atomic E-state index is 12.1. The van der Waals surface area contributed by atoms with E-state index in [4.69, 9.17) is 14.2 Å². The van der Waals surface area contributed by atoms with Crippen LogP contribution in [-0.4, -0.2) is 52.5 Å². The number of nitrogens with one attached hydrogen (secondary N) is 1. The lowest BCUT2D eigenvalue weighted by atomic mass is 10.1. The van der Waals surface area contributed by atoms with Crippen molar-refractivity contribution < 1.29 is 28.5 Å². The number of ether oxygens (including phenoxy) is 4. The second-order valence-corrected chi connectivity index (χ2v) is 4.43. The summed E-state index contributed by atoms with van der Waals surface area (Å²) in [5.41, 5.74) is 0.353. The van der Waals surface area contributed by atoms with E-state index in [9.17, 15) is 9.59 Å². The monoisotopic (exact) mass is 311 g/mol. The Morgan fingerprint density at radius 1 is 1.14 bits per heavy atom. The molecule has 0 saturated heterocycles. The van der Waals surface area contributed by atoms with Crippen LogP contribution in [0.2, 0.25) is 0 Å². The molecule has 7 heteroatoms. The van der Waals surface area contributed by atoms with Gasteiger partial charge in [-0.25, -0.2) is 4.79 Å². The summed E-state index contributed by atoms with van der Waals surface area (Å²) in [6, 6.07) is 4.03. The topological polar surface area (TPSA) is 83.1 Å². The van der Waals surface area contributed by atoms with Crippen molar-refractivity contribution >= 4 is 11.9 Å². The first-order chi connectivity index (χ1) is 10.5. The average molecular weight is 311 g/mol. The first-order valence-corrected chi connectivity index (χ1v) is 6.72. The van der Waals surface area contributed by atoms with Gasteiger partial charge in [0.25, 0.3) is 5.91 Å². The molecular weight excluding hydrogens is 290 g/mol. The second-order valence-electron chi connectivity index (χ2n) is 4.43. The van der Waals surface area contributed by atoms with E-state index in [1.165, 1.54) is 14.2 Å². The van der Waals surface area contributed by atoms with Crippen LogP contribution < -0.4 is 14.8 Å². The van der Waals surface area contributed by atoms with Gasteiger partial charge in [-0.3, -0.25) is 4.79 Å². The molecule has 1 aromatic carbocycles. The van der Waals surface area contributed by atoms with Crippen LogP contribution in [0.1, 0.15) is 17.3 Å². The molecule has 7 nitrogen and oxygen atoms in total. The van der Waals surface area contributed by atoms with Crippen molar-refractivity contribution in [1.82, 2.24) is 5.32 Å². The van der Waals surface area contributed by atoms with Crippen LogP contribution in [0.5, 0.6) is 11.5 Å². The fourth-order valence-electron chi connectivity index (χ4n) is 1.68. The molecule has 22 heavy (non-hydrogen) atoms. The predicted octanol–water partition coefficient (Wildman–Crippen LogP) is 1.01. The molecule has 0 aliphatic heterocycles. The smallest absolute Gasteiger partial charge is 0.328 e. The molecule has 1 unspecified atom stereocenters. The average Bonchev–Trinajstić information content (AvgIpc) is 2.54. The summed E-state index contributed by atoms with van der Waals surface area (Å²) >= 11 is 0. The summed E-state index contributed by atoms with van der Waals surface area (Å²) in [6.07, 6.45) is 0. The molecule has 1 atom stereocenters. The van der Waals surface area contributed by atoms with E-state index >= 15 is 0 Å². The Bertz CT molecular complexity index is 517. The van der Waals surface area contributed by atoms with Crippen LogP contribution in [-0.2, 0) is 14.3 Å². The van der Waals surface area contributed by atoms with Crippen LogP contribution in [0.15, 0.2) is 18.2 Å². The van der Waals surface area contributed by atoms with Crippen molar-refractivity contribution in [1.29, 1.82) is 0 Å². The van der Waals surface area contributed by atoms with Gasteiger partial charge in [-0.05, 0) is 25.1 Å². The van der Waals surface area contributed by atoms with Crippen LogP contribution in [0.3, 0.4) is 0 Å². The minimum Gasteiger partial charge on any atom is -0.493 e. The Labute approximate surface area is 129 Å². The Morgan fingerprint density at radius 3 is 2.45 bits per heavy atom. The van der Waals surface area contributed by atoms with Gasteiger partial charge < -0.3 is 24.3 Å². The van der Waals surface area contributed by atoms with Crippen molar-refractivity contribution in [2.24, 2.45) is 0 Å². The number of esters is 1. The Kier molecular flexibility index (Phi) is 7.18. The van der Waals surface area contributed by atoms with Gasteiger partial charge in [-0.1, -0.05) is 0 Å². The van der Waals surface area contributed by atoms with E-state index in [-0.39, 0.29) is 0 Å². The van der Waals surface area contributed by atoms with Gasteiger partial charge in [0.2, 0.25) is 0 Å². The highest BCUT2D eigenvalue weighted by atomic mass is 16.5. The van der Waals surface area contributed by atoms with E-state index in [0.29, 0.717) is 30.3 Å². The maximum atomic E-state index is 12.1. The van der Waals surface area contributed by atoms with Crippen LogP contribution in [0.25, 0.3) is 0 Å². The molecule has 0 aromatic heterocycles.